The Morgan fingerprint density at radius 1 is 1.55 bits per heavy atom. The zero-order valence-electron chi connectivity index (χ0n) is 12.6. The third kappa shape index (κ3) is 2.23. The maximum Gasteiger partial charge on any atom is 0.311 e. The van der Waals surface area contributed by atoms with Gasteiger partial charge in [0.1, 0.15) is 5.56 Å². The molecule has 3 rings (SSSR count). The number of pyridine rings is 1. The van der Waals surface area contributed by atoms with Gasteiger partial charge in [-0.3, -0.25) is 9.59 Å². The number of amides is 1. The van der Waals surface area contributed by atoms with Crippen LogP contribution >= 0.6 is 0 Å². The number of aromatic nitrogens is 1. The maximum absolute atomic E-state index is 12.8. The van der Waals surface area contributed by atoms with Gasteiger partial charge in [0.05, 0.1) is 12.0 Å². The zero-order valence-corrected chi connectivity index (χ0v) is 12.6. The molecule has 6 heteroatoms. The molecule has 118 valence electrons. The summed E-state index contributed by atoms with van der Waals surface area (Å²) in [6, 6.07) is 3.38. The van der Waals surface area contributed by atoms with E-state index in [1.807, 2.05) is 6.92 Å². The van der Waals surface area contributed by atoms with Gasteiger partial charge in [-0.2, -0.15) is 0 Å². The van der Waals surface area contributed by atoms with Crippen molar-refractivity contribution in [2.24, 2.45) is 11.3 Å². The number of carbonyl (C=O) groups is 2. The Morgan fingerprint density at radius 2 is 2.36 bits per heavy atom. The fourth-order valence-corrected chi connectivity index (χ4v) is 3.77. The molecule has 1 amide bonds. The smallest absolute Gasteiger partial charge is 0.311 e. The molecular weight excluding hydrogens is 284 g/mol. The lowest BCUT2D eigenvalue weighted by molar-refractivity contribution is -0.149. The van der Waals surface area contributed by atoms with Crippen molar-refractivity contribution in [3.8, 4) is 5.88 Å². The van der Waals surface area contributed by atoms with Gasteiger partial charge >= 0.3 is 5.97 Å². The van der Waals surface area contributed by atoms with E-state index in [0.29, 0.717) is 31.0 Å². The van der Waals surface area contributed by atoms with Crippen molar-refractivity contribution in [1.29, 1.82) is 0 Å². The first-order chi connectivity index (χ1) is 10.6. The van der Waals surface area contributed by atoms with Gasteiger partial charge in [0.25, 0.3) is 5.91 Å². The minimum atomic E-state index is -0.776. The zero-order chi connectivity index (χ0) is 15.7. The Labute approximate surface area is 129 Å². The summed E-state index contributed by atoms with van der Waals surface area (Å²) in [5, 5.41) is 9.61. The van der Waals surface area contributed by atoms with Crippen LogP contribution in [0.2, 0.25) is 0 Å². The lowest BCUT2D eigenvalue weighted by atomic mass is 9.81. The van der Waals surface area contributed by atoms with Crippen molar-refractivity contribution in [2.75, 3.05) is 19.7 Å². The van der Waals surface area contributed by atoms with E-state index in [9.17, 15) is 14.7 Å². The molecule has 1 aromatic heterocycles. The molecule has 2 fully saturated rings. The number of carbonyl (C=O) groups excluding carboxylic acids is 1. The summed E-state index contributed by atoms with van der Waals surface area (Å²) in [5.74, 6) is -0.592. The van der Waals surface area contributed by atoms with E-state index >= 15 is 0 Å². The third-order valence-corrected chi connectivity index (χ3v) is 4.87. The largest absolute Gasteiger partial charge is 0.481 e. The van der Waals surface area contributed by atoms with Gasteiger partial charge in [-0.05, 0) is 37.8 Å². The number of carboxylic acid groups (broad SMARTS) is 1. The van der Waals surface area contributed by atoms with Gasteiger partial charge in [0.15, 0.2) is 0 Å². The second kappa shape index (κ2) is 5.59. The number of nitrogens with zero attached hydrogens (tertiary/aromatic N) is 2. The van der Waals surface area contributed by atoms with Crippen LogP contribution in [-0.4, -0.2) is 46.6 Å². The van der Waals surface area contributed by atoms with Crippen LogP contribution in [-0.2, 0) is 4.79 Å². The highest BCUT2D eigenvalue weighted by atomic mass is 16.5. The number of likely N-dealkylation sites (tertiary alicyclic amines) is 1. The summed E-state index contributed by atoms with van der Waals surface area (Å²) in [6.45, 7) is 3.06. The average Bonchev–Trinajstić information content (AvgIpc) is 3.05. The summed E-state index contributed by atoms with van der Waals surface area (Å²) >= 11 is 0. The first kappa shape index (κ1) is 14.8. The fraction of sp³-hybridized carbons (Fsp3) is 0.562. The van der Waals surface area contributed by atoms with Gasteiger partial charge in [-0.25, -0.2) is 4.98 Å². The molecule has 2 aliphatic rings. The molecule has 0 radical (unpaired) electrons. The SMILES string of the molecule is CCOc1ncccc1C(=O)N1C[C@@H]2CCC[C@@]2(C(=O)O)C1. The molecule has 1 aliphatic heterocycles. The Hall–Kier alpha value is -2.11. The van der Waals surface area contributed by atoms with E-state index in [4.69, 9.17) is 4.74 Å². The van der Waals surface area contributed by atoms with E-state index in [1.165, 1.54) is 0 Å². The average molecular weight is 304 g/mol. The molecule has 6 nitrogen and oxygen atoms in total. The third-order valence-electron chi connectivity index (χ3n) is 4.87. The molecule has 1 aromatic rings. The molecule has 0 aromatic carbocycles. The van der Waals surface area contributed by atoms with Crippen molar-refractivity contribution < 1.29 is 19.4 Å². The Kier molecular flexibility index (Phi) is 3.76. The molecule has 0 bridgehead atoms. The molecule has 1 saturated carbocycles. The topological polar surface area (TPSA) is 79.7 Å². The monoisotopic (exact) mass is 304 g/mol. The highest BCUT2D eigenvalue weighted by molar-refractivity contribution is 5.97. The Bertz CT molecular complexity index is 604. The van der Waals surface area contributed by atoms with Crippen LogP contribution < -0.4 is 4.74 Å². The predicted molar refractivity (Wildman–Crippen MR) is 78.7 cm³/mol. The molecular formula is C16H20N2O4. The number of hydrogen-bond donors (Lipinski definition) is 1. The minimum Gasteiger partial charge on any atom is -0.481 e. The molecule has 0 spiro atoms. The van der Waals surface area contributed by atoms with Gasteiger partial charge in [0.2, 0.25) is 5.88 Å². The first-order valence-electron chi connectivity index (χ1n) is 7.69. The van der Waals surface area contributed by atoms with Crippen molar-refractivity contribution in [1.82, 2.24) is 9.88 Å². The number of aliphatic carboxylic acids is 1. The van der Waals surface area contributed by atoms with Crippen LogP contribution in [0, 0.1) is 11.3 Å². The van der Waals surface area contributed by atoms with E-state index < -0.39 is 11.4 Å². The first-order valence-corrected chi connectivity index (χ1v) is 7.69. The summed E-state index contributed by atoms with van der Waals surface area (Å²) in [4.78, 5) is 30.2. The van der Waals surface area contributed by atoms with Crippen LogP contribution in [0.4, 0.5) is 0 Å². The highest BCUT2D eigenvalue weighted by Crippen LogP contribution is 2.49. The molecule has 2 heterocycles. The normalized spacial score (nSPS) is 26.8. The van der Waals surface area contributed by atoms with E-state index in [1.54, 1.807) is 23.2 Å². The molecule has 1 N–H and O–H groups in total. The van der Waals surface area contributed by atoms with E-state index in [0.717, 1.165) is 12.8 Å². The van der Waals surface area contributed by atoms with Gasteiger partial charge < -0.3 is 14.7 Å². The molecule has 0 unspecified atom stereocenters. The van der Waals surface area contributed by atoms with Crippen LogP contribution in [0.1, 0.15) is 36.5 Å². The maximum atomic E-state index is 12.8. The Balaban J connectivity index is 1.84. The molecule has 1 saturated heterocycles. The predicted octanol–water partition coefficient (Wildman–Crippen LogP) is 1.81. The van der Waals surface area contributed by atoms with Crippen molar-refractivity contribution in [2.45, 2.75) is 26.2 Å². The van der Waals surface area contributed by atoms with Crippen LogP contribution in [0.25, 0.3) is 0 Å². The molecule has 1 aliphatic carbocycles. The number of rotatable bonds is 4. The van der Waals surface area contributed by atoms with E-state index in [-0.39, 0.29) is 18.4 Å². The van der Waals surface area contributed by atoms with E-state index in [2.05, 4.69) is 4.98 Å². The lowest BCUT2D eigenvalue weighted by Gasteiger charge is -2.23. The van der Waals surface area contributed by atoms with Crippen molar-refractivity contribution >= 4 is 11.9 Å². The minimum absolute atomic E-state index is 0.0566. The van der Waals surface area contributed by atoms with Crippen LogP contribution in [0.5, 0.6) is 5.88 Å². The van der Waals surface area contributed by atoms with Crippen LogP contribution in [0.3, 0.4) is 0 Å². The second-order valence-corrected chi connectivity index (χ2v) is 6.03. The van der Waals surface area contributed by atoms with Gasteiger partial charge in [-0.1, -0.05) is 6.42 Å². The number of fused-ring (bicyclic) bond motifs is 1. The quantitative estimate of drug-likeness (QED) is 0.917. The summed E-state index contributed by atoms with van der Waals surface area (Å²) in [6.07, 6.45) is 4.04. The highest BCUT2D eigenvalue weighted by Gasteiger charge is 2.55. The lowest BCUT2D eigenvalue weighted by Crippen LogP contribution is -2.37. The second-order valence-electron chi connectivity index (χ2n) is 6.03. The van der Waals surface area contributed by atoms with Gasteiger partial charge in [-0.15, -0.1) is 0 Å². The fourth-order valence-electron chi connectivity index (χ4n) is 3.77. The summed E-state index contributed by atoms with van der Waals surface area (Å²) in [5.41, 5.74) is -0.353. The number of carboxylic acids is 1. The standard InChI is InChI=1S/C16H20N2O4/c1-2-22-13-12(6-4-8-17-13)14(19)18-9-11-5-3-7-16(11,10-18)15(20)21/h4,6,8,11H,2-3,5,7,9-10H2,1H3,(H,20,21)/t11-,16+/m0/s1. The van der Waals surface area contributed by atoms with Crippen LogP contribution in [0.15, 0.2) is 18.3 Å². The summed E-state index contributed by atoms with van der Waals surface area (Å²) in [7, 11) is 0. The van der Waals surface area contributed by atoms with Crippen molar-refractivity contribution in [3.05, 3.63) is 23.9 Å². The van der Waals surface area contributed by atoms with Crippen molar-refractivity contribution in [3.63, 3.8) is 0 Å². The number of ether oxygens (including phenoxy) is 1. The summed E-state index contributed by atoms with van der Waals surface area (Å²) < 4.78 is 5.41. The number of hydrogen-bond acceptors (Lipinski definition) is 4. The molecule has 22 heavy (non-hydrogen) atoms. The Morgan fingerprint density at radius 3 is 3.05 bits per heavy atom. The molecule has 2 atom stereocenters. The van der Waals surface area contributed by atoms with Gasteiger partial charge in [0, 0.05) is 19.3 Å².